The van der Waals surface area contributed by atoms with Gasteiger partial charge in [0.15, 0.2) is 9.84 Å². The molecule has 0 saturated carbocycles. The summed E-state index contributed by atoms with van der Waals surface area (Å²) in [6.45, 7) is 0.678. The van der Waals surface area contributed by atoms with Crippen molar-refractivity contribution in [2.45, 2.75) is 19.0 Å². The maximum atomic E-state index is 11.3. The van der Waals surface area contributed by atoms with Gasteiger partial charge in [-0.25, -0.2) is 8.42 Å². The molecule has 1 N–H and O–H groups in total. The van der Waals surface area contributed by atoms with Crippen LogP contribution in [0.15, 0.2) is 24.3 Å². The predicted octanol–water partition coefficient (Wildman–Crippen LogP) is 0.972. The van der Waals surface area contributed by atoms with E-state index in [0.29, 0.717) is 18.7 Å². The molecular formula is C12H17NO3S. The molecule has 0 unspecified atom stereocenters. The summed E-state index contributed by atoms with van der Waals surface area (Å²) in [5, 5.41) is 3.27. The van der Waals surface area contributed by atoms with Gasteiger partial charge in [0.25, 0.3) is 0 Å². The Kier molecular flexibility index (Phi) is 3.69. The number of benzene rings is 1. The van der Waals surface area contributed by atoms with Crippen molar-refractivity contribution in [1.82, 2.24) is 5.32 Å². The third-order valence-electron chi connectivity index (χ3n) is 2.96. The highest BCUT2D eigenvalue weighted by atomic mass is 32.2. The van der Waals surface area contributed by atoms with Gasteiger partial charge in [-0.05, 0) is 24.1 Å². The first-order chi connectivity index (χ1) is 8.09. The van der Waals surface area contributed by atoms with Crippen LogP contribution in [0, 0.1) is 0 Å². The molecule has 0 bridgehead atoms. The fourth-order valence-electron chi connectivity index (χ4n) is 2.00. The van der Waals surface area contributed by atoms with E-state index in [1.807, 2.05) is 24.3 Å². The summed E-state index contributed by atoms with van der Waals surface area (Å²) in [5.74, 6) is 1.39. The van der Waals surface area contributed by atoms with Crippen molar-refractivity contribution >= 4 is 9.84 Å². The van der Waals surface area contributed by atoms with Crippen molar-refractivity contribution in [3.63, 3.8) is 0 Å². The van der Waals surface area contributed by atoms with E-state index in [2.05, 4.69) is 5.32 Å². The molecule has 1 aliphatic heterocycles. The van der Waals surface area contributed by atoms with Crippen molar-refractivity contribution in [2.75, 3.05) is 18.6 Å². The summed E-state index contributed by atoms with van der Waals surface area (Å²) >= 11 is 0. The van der Waals surface area contributed by atoms with E-state index in [4.69, 9.17) is 4.74 Å². The summed E-state index contributed by atoms with van der Waals surface area (Å²) in [6.07, 6.45) is 0.715. The van der Waals surface area contributed by atoms with Gasteiger partial charge in [0.05, 0.1) is 18.6 Å². The number of hydrogen-bond acceptors (Lipinski definition) is 4. The van der Waals surface area contributed by atoms with Crippen LogP contribution in [0.2, 0.25) is 0 Å². The van der Waals surface area contributed by atoms with Gasteiger partial charge < -0.3 is 10.1 Å². The van der Waals surface area contributed by atoms with Crippen LogP contribution in [-0.4, -0.2) is 33.1 Å². The Morgan fingerprint density at radius 1 is 1.47 bits per heavy atom. The molecule has 1 saturated heterocycles. The van der Waals surface area contributed by atoms with Gasteiger partial charge in [-0.15, -0.1) is 0 Å². The smallest absolute Gasteiger partial charge is 0.151 e. The lowest BCUT2D eigenvalue weighted by molar-refractivity contribution is 0.414. The molecule has 0 aromatic heterocycles. The summed E-state index contributed by atoms with van der Waals surface area (Å²) < 4.78 is 27.7. The zero-order valence-corrected chi connectivity index (χ0v) is 10.7. The van der Waals surface area contributed by atoms with E-state index in [0.717, 1.165) is 11.3 Å². The molecule has 4 nitrogen and oxygen atoms in total. The first-order valence-corrected chi connectivity index (χ1v) is 7.48. The van der Waals surface area contributed by atoms with E-state index < -0.39 is 9.84 Å². The Bertz CT molecular complexity index is 484. The number of methoxy groups -OCH3 is 1. The van der Waals surface area contributed by atoms with Crippen molar-refractivity contribution in [3.05, 3.63) is 29.8 Å². The average molecular weight is 255 g/mol. The minimum atomic E-state index is -2.80. The van der Waals surface area contributed by atoms with Gasteiger partial charge >= 0.3 is 0 Å². The highest BCUT2D eigenvalue weighted by Gasteiger charge is 2.27. The van der Waals surface area contributed by atoms with E-state index in [9.17, 15) is 8.42 Å². The molecule has 5 heteroatoms. The maximum absolute atomic E-state index is 11.3. The molecule has 1 aliphatic rings. The Labute approximate surface area is 102 Å². The lowest BCUT2D eigenvalue weighted by Crippen LogP contribution is -2.29. The third kappa shape index (κ3) is 3.44. The minimum absolute atomic E-state index is 0.0891. The highest BCUT2D eigenvalue weighted by molar-refractivity contribution is 7.91. The maximum Gasteiger partial charge on any atom is 0.151 e. The SMILES string of the molecule is COc1cccc(CN[C@H]2CCS(=O)(=O)C2)c1. The molecule has 17 heavy (non-hydrogen) atoms. The number of rotatable bonds is 4. The lowest BCUT2D eigenvalue weighted by atomic mass is 10.2. The molecule has 1 aromatic rings. The summed E-state index contributed by atoms with van der Waals surface area (Å²) in [4.78, 5) is 0. The molecule has 1 fully saturated rings. The Balaban J connectivity index is 1.90. The fourth-order valence-corrected chi connectivity index (χ4v) is 3.71. The molecule has 1 atom stereocenters. The van der Waals surface area contributed by atoms with Crippen LogP contribution < -0.4 is 10.1 Å². The van der Waals surface area contributed by atoms with Crippen molar-refractivity contribution in [3.8, 4) is 5.75 Å². The molecule has 0 amide bonds. The van der Waals surface area contributed by atoms with E-state index in [-0.39, 0.29) is 11.8 Å². The molecule has 0 spiro atoms. The van der Waals surface area contributed by atoms with Gasteiger partial charge in [0, 0.05) is 12.6 Å². The third-order valence-corrected chi connectivity index (χ3v) is 4.73. The average Bonchev–Trinajstić information content (AvgIpc) is 2.67. The lowest BCUT2D eigenvalue weighted by Gasteiger charge is -2.11. The van der Waals surface area contributed by atoms with Crippen LogP contribution >= 0.6 is 0 Å². The topological polar surface area (TPSA) is 55.4 Å². The molecule has 1 aromatic carbocycles. The second kappa shape index (κ2) is 5.06. The zero-order chi connectivity index (χ0) is 12.3. The first-order valence-electron chi connectivity index (χ1n) is 5.66. The Morgan fingerprint density at radius 2 is 2.29 bits per heavy atom. The van der Waals surface area contributed by atoms with Crippen molar-refractivity contribution < 1.29 is 13.2 Å². The Morgan fingerprint density at radius 3 is 2.94 bits per heavy atom. The minimum Gasteiger partial charge on any atom is -0.497 e. The van der Waals surface area contributed by atoms with Crippen LogP contribution in [0.1, 0.15) is 12.0 Å². The molecule has 1 heterocycles. The first kappa shape index (κ1) is 12.4. The Hall–Kier alpha value is -1.07. The number of ether oxygens (including phenoxy) is 1. The van der Waals surface area contributed by atoms with Crippen LogP contribution in [0.4, 0.5) is 0 Å². The van der Waals surface area contributed by atoms with Crippen molar-refractivity contribution in [1.29, 1.82) is 0 Å². The second-order valence-electron chi connectivity index (χ2n) is 4.33. The molecular weight excluding hydrogens is 238 g/mol. The van der Waals surface area contributed by atoms with Gasteiger partial charge in [-0.3, -0.25) is 0 Å². The van der Waals surface area contributed by atoms with Gasteiger partial charge in [0.1, 0.15) is 5.75 Å². The normalized spacial score (nSPS) is 22.5. The van der Waals surface area contributed by atoms with Crippen LogP contribution in [-0.2, 0) is 16.4 Å². The molecule has 0 aliphatic carbocycles. The van der Waals surface area contributed by atoms with E-state index in [1.165, 1.54) is 0 Å². The summed E-state index contributed by atoms with van der Waals surface area (Å²) in [7, 11) is -1.16. The molecule has 94 valence electrons. The van der Waals surface area contributed by atoms with Crippen LogP contribution in [0.3, 0.4) is 0 Å². The van der Waals surface area contributed by atoms with Gasteiger partial charge in [0.2, 0.25) is 0 Å². The van der Waals surface area contributed by atoms with Crippen molar-refractivity contribution in [2.24, 2.45) is 0 Å². The quantitative estimate of drug-likeness (QED) is 0.871. The standard InChI is InChI=1S/C12H17NO3S/c1-16-12-4-2-3-10(7-12)8-13-11-5-6-17(14,15)9-11/h2-4,7,11,13H,5-6,8-9H2,1H3/t11-/m0/s1. The molecule has 2 rings (SSSR count). The van der Waals surface area contributed by atoms with E-state index in [1.54, 1.807) is 7.11 Å². The largest absolute Gasteiger partial charge is 0.497 e. The van der Waals surface area contributed by atoms with Gasteiger partial charge in [-0.2, -0.15) is 0 Å². The second-order valence-corrected chi connectivity index (χ2v) is 6.56. The highest BCUT2D eigenvalue weighted by Crippen LogP contribution is 2.15. The monoisotopic (exact) mass is 255 g/mol. The molecule has 0 radical (unpaired) electrons. The fraction of sp³-hybridized carbons (Fsp3) is 0.500. The predicted molar refractivity (Wildman–Crippen MR) is 66.9 cm³/mol. The van der Waals surface area contributed by atoms with Crippen LogP contribution in [0.5, 0.6) is 5.75 Å². The number of hydrogen-bond donors (Lipinski definition) is 1. The van der Waals surface area contributed by atoms with Gasteiger partial charge in [-0.1, -0.05) is 12.1 Å². The number of sulfone groups is 1. The van der Waals surface area contributed by atoms with E-state index >= 15 is 0 Å². The summed E-state index contributed by atoms with van der Waals surface area (Å²) in [6, 6.07) is 7.87. The number of nitrogens with one attached hydrogen (secondary N) is 1. The van der Waals surface area contributed by atoms with Crippen LogP contribution in [0.25, 0.3) is 0 Å². The summed E-state index contributed by atoms with van der Waals surface area (Å²) in [5.41, 5.74) is 1.11. The zero-order valence-electron chi connectivity index (χ0n) is 9.85.